The van der Waals surface area contributed by atoms with Gasteiger partial charge in [0.1, 0.15) is 10.6 Å². The fourth-order valence-electron chi connectivity index (χ4n) is 3.16. The molecule has 0 aliphatic rings. The van der Waals surface area contributed by atoms with Gasteiger partial charge >= 0.3 is 0 Å². The Morgan fingerprint density at radius 2 is 2.00 bits per heavy atom. The first-order valence-electron chi connectivity index (χ1n) is 9.26. The van der Waals surface area contributed by atoms with Crippen LogP contribution in [-0.2, 0) is 12.3 Å². The minimum absolute atomic E-state index is 0.399. The van der Waals surface area contributed by atoms with Crippen LogP contribution < -0.4 is 5.73 Å². The summed E-state index contributed by atoms with van der Waals surface area (Å²) >= 11 is 2.82. The Labute approximate surface area is 183 Å². The van der Waals surface area contributed by atoms with Gasteiger partial charge in [-0.15, -0.1) is 21.5 Å². The SMILES string of the molecule is Nc1c(-c2nnc(SCc3ccc(F)c(F)c3)n2Cc2ccco2)sc2ncccc12. The normalized spacial score (nSPS) is 11.4. The van der Waals surface area contributed by atoms with Crippen molar-refractivity contribution in [2.45, 2.75) is 17.5 Å². The molecule has 5 aromatic rings. The van der Waals surface area contributed by atoms with E-state index in [1.165, 1.54) is 29.2 Å². The maximum absolute atomic E-state index is 13.6. The largest absolute Gasteiger partial charge is 0.467 e. The summed E-state index contributed by atoms with van der Waals surface area (Å²) in [4.78, 5) is 5.97. The molecular weight excluding hydrogens is 440 g/mol. The molecule has 0 radical (unpaired) electrons. The first-order valence-corrected chi connectivity index (χ1v) is 11.1. The smallest absolute Gasteiger partial charge is 0.192 e. The molecule has 0 spiro atoms. The highest BCUT2D eigenvalue weighted by molar-refractivity contribution is 7.98. The van der Waals surface area contributed by atoms with Crippen LogP contribution >= 0.6 is 23.1 Å². The number of aromatic nitrogens is 4. The summed E-state index contributed by atoms with van der Waals surface area (Å²) in [6.07, 6.45) is 3.32. The number of benzene rings is 1. The standard InChI is InChI=1S/C21H15F2N5OS2/c22-15-6-5-12(9-16(15)23)11-30-21-27-26-19(28(21)10-13-3-2-8-29-13)18-17(24)14-4-1-7-25-20(14)31-18/h1-9H,10-11,24H2. The Morgan fingerprint density at radius 3 is 2.77 bits per heavy atom. The molecule has 0 saturated carbocycles. The summed E-state index contributed by atoms with van der Waals surface area (Å²) in [7, 11) is 0. The number of fused-ring (bicyclic) bond motifs is 1. The first kappa shape index (κ1) is 19.7. The summed E-state index contributed by atoms with van der Waals surface area (Å²) < 4.78 is 34.2. The first-order chi connectivity index (χ1) is 15.1. The number of thiophene rings is 1. The molecule has 0 fully saturated rings. The zero-order chi connectivity index (χ0) is 21.4. The van der Waals surface area contributed by atoms with E-state index in [9.17, 15) is 8.78 Å². The van der Waals surface area contributed by atoms with Gasteiger partial charge in [0.2, 0.25) is 0 Å². The quantitative estimate of drug-likeness (QED) is 0.348. The number of pyridine rings is 1. The number of halogens is 2. The molecule has 156 valence electrons. The minimum Gasteiger partial charge on any atom is -0.467 e. The Morgan fingerprint density at radius 1 is 1.10 bits per heavy atom. The predicted molar refractivity (Wildman–Crippen MR) is 117 cm³/mol. The number of nitrogen functional groups attached to an aromatic ring is 1. The van der Waals surface area contributed by atoms with Crippen molar-refractivity contribution in [1.29, 1.82) is 0 Å². The van der Waals surface area contributed by atoms with Gasteiger partial charge in [-0.05, 0) is 42.0 Å². The van der Waals surface area contributed by atoms with Gasteiger partial charge in [-0.3, -0.25) is 4.57 Å². The summed E-state index contributed by atoms with van der Waals surface area (Å²) in [6, 6.07) is 11.3. The van der Waals surface area contributed by atoms with Gasteiger partial charge < -0.3 is 10.2 Å². The highest BCUT2D eigenvalue weighted by atomic mass is 32.2. The lowest BCUT2D eigenvalue weighted by atomic mass is 10.2. The fourth-order valence-corrected chi connectivity index (χ4v) is 5.10. The number of anilines is 1. The average Bonchev–Trinajstić information content (AvgIpc) is 3.50. The zero-order valence-corrected chi connectivity index (χ0v) is 17.6. The number of nitrogens with zero attached hydrogens (tertiary/aromatic N) is 4. The van der Waals surface area contributed by atoms with Gasteiger partial charge in [-0.25, -0.2) is 13.8 Å². The monoisotopic (exact) mass is 455 g/mol. The number of hydrogen-bond donors (Lipinski definition) is 1. The topological polar surface area (TPSA) is 82.8 Å². The molecule has 0 amide bonds. The van der Waals surface area contributed by atoms with Crippen molar-refractivity contribution in [3.05, 3.63) is 77.9 Å². The summed E-state index contributed by atoms with van der Waals surface area (Å²) in [5.74, 6) is -0.0118. The van der Waals surface area contributed by atoms with Crippen molar-refractivity contribution < 1.29 is 13.2 Å². The van der Waals surface area contributed by atoms with Gasteiger partial charge in [-0.1, -0.05) is 17.8 Å². The molecular formula is C21H15F2N5OS2. The number of thioether (sulfide) groups is 1. The van der Waals surface area contributed by atoms with Gasteiger partial charge in [-0.2, -0.15) is 0 Å². The second kappa shape index (κ2) is 8.12. The van der Waals surface area contributed by atoms with Gasteiger partial charge in [0.25, 0.3) is 0 Å². The zero-order valence-electron chi connectivity index (χ0n) is 16.0. The predicted octanol–water partition coefficient (Wildman–Crippen LogP) is 5.35. The van der Waals surface area contributed by atoms with E-state index in [1.54, 1.807) is 18.5 Å². The lowest BCUT2D eigenvalue weighted by Crippen LogP contribution is -2.04. The van der Waals surface area contributed by atoms with Crippen LogP contribution in [0.5, 0.6) is 0 Å². The van der Waals surface area contributed by atoms with Crippen LogP contribution in [0, 0.1) is 11.6 Å². The van der Waals surface area contributed by atoms with E-state index in [0.29, 0.717) is 34.5 Å². The molecule has 31 heavy (non-hydrogen) atoms. The van der Waals surface area contributed by atoms with Crippen molar-refractivity contribution in [2.75, 3.05) is 5.73 Å². The van der Waals surface area contributed by atoms with E-state index in [1.807, 2.05) is 28.8 Å². The number of hydrogen-bond acceptors (Lipinski definition) is 7. The van der Waals surface area contributed by atoms with E-state index in [2.05, 4.69) is 15.2 Å². The van der Waals surface area contributed by atoms with Crippen LogP contribution in [0.25, 0.3) is 20.9 Å². The van der Waals surface area contributed by atoms with Crippen LogP contribution in [0.4, 0.5) is 14.5 Å². The summed E-state index contributed by atoms with van der Waals surface area (Å²) in [6.45, 7) is 0.399. The van der Waals surface area contributed by atoms with Gasteiger partial charge in [0.15, 0.2) is 22.6 Å². The molecule has 0 aliphatic heterocycles. The van der Waals surface area contributed by atoms with E-state index in [-0.39, 0.29) is 0 Å². The number of furan rings is 1. The van der Waals surface area contributed by atoms with Crippen molar-refractivity contribution in [1.82, 2.24) is 19.7 Å². The van der Waals surface area contributed by atoms with Crippen LogP contribution in [-0.4, -0.2) is 19.7 Å². The molecule has 1 aromatic carbocycles. The third-order valence-electron chi connectivity index (χ3n) is 4.67. The molecule has 0 aliphatic carbocycles. The molecule has 10 heteroatoms. The molecule has 6 nitrogen and oxygen atoms in total. The van der Waals surface area contributed by atoms with Crippen molar-refractivity contribution in [3.8, 4) is 10.7 Å². The third-order valence-corrected chi connectivity index (χ3v) is 6.83. The molecule has 5 rings (SSSR count). The summed E-state index contributed by atoms with van der Waals surface area (Å²) in [5, 5.41) is 10.2. The van der Waals surface area contributed by atoms with Crippen LogP contribution in [0.2, 0.25) is 0 Å². The molecule has 4 aromatic heterocycles. The Balaban J connectivity index is 1.53. The number of rotatable bonds is 6. The van der Waals surface area contributed by atoms with Crippen molar-refractivity contribution in [2.24, 2.45) is 0 Å². The fraction of sp³-hybridized carbons (Fsp3) is 0.0952. The number of nitrogens with two attached hydrogens (primary N) is 1. The van der Waals surface area contributed by atoms with E-state index >= 15 is 0 Å². The van der Waals surface area contributed by atoms with E-state index in [4.69, 9.17) is 10.2 Å². The molecule has 2 N–H and O–H groups in total. The maximum Gasteiger partial charge on any atom is 0.192 e. The van der Waals surface area contributed by atoms with Crippen molar-refractivity contribution in [3.63, 3.8) is 0 Å². The highest BCUT2D eigenvalue weighted by Crippen LogP contribution is 2.40. The second-order valence-corrected chi connectivity index (χ2v) is 8.65. The van der Waals surface area contributed by atoms with Crippen LogP contribution in [0.3, 0.4) is 0 Å². The van der Waals surface area contributed by atoms with E-state index in [0.717, 1.165) is 26.9 Å². The van der Waals surface area contributed by atoms with E-state index < -0.39 is 11.6 Å². The highest BCUT2D eigenvalue weighted by Gasteiger charge is 2.21. The van der Waals surface area contributed by atoms with Gasteiger partial charge in [0, 0.05) is 17.3 Å². The average molecular weight is 456 g/mol. The Kier molecular flexibility index (Phi) is 5.16. The lowest BCUT2D eigenvalue weighted by molar-refractivity contribution is 0.485. The minimum atomic E-state index is -0.874. The molecule has 0 saturated heterocycles. The second-order valence-electron chi connectivity index (χ2n) is 6.71. The lowest BCUT2D eigenvalue weighted by Gasteiger charge is -2.08. The van der Waals surface area contributed by atoms with Crippen LogP contribution in [0.15, 0.2) is 64.5 Å². The molecule has 0 unspecified atom stereocenters. The van der Waals surface area contributed by atoms with Crippen LogP contribution in [0.1, 0.15) is 11.3 Å². The molecule has 0 atom stereocenters. The van der Waals surface area contributed by atoms with Gasteiger partial charge in [0.05, 0.1) is 23.4 Å². The van der Waals surface area contributed by atoms with Crippen molar-refractivity contribution >= 4 is 39.0 Å². The Hall–Kier alpha value is -3.24. The molecule has 0 bridgehead atoms. The Bertz CT molecular complexity index is 1360. The molecule has 4 heterocycles. The summed E-state index contributed by atoms with van der Waals surface area (Å²) in [5.41, 5.74) is 7.64. The maximum atomic E-state index is 13.6. The third kappa shape index (κ3) is 3.79.